The van der Waals surface area contributed by atoms with Gasteiger partial charge < -0.3 is 19.8 Å². The van der Waals surface area contributed by atoms with E-state index >= 15 is 0 Å². The highest BCUT2D eigenvalue weighted by Crippen LogP contribution is 2.30. The number of fused-ring (bicyclic) bond motifs is 1. The average molecular weight is 304 g/mol. The fourth-order valence-corrected chi connectivity index (χ4v) is 2.17. The first-order chi connectivity index (χ1) is 10.4. The van der Waals surface area contributed by atoms with Crippen molar-refractivity contribution in [1.29, 1.82) is 0 Å². The Morgan fingerprint density at radius 3 is 2.73 bits per heavy atom. The summed E-state index contributed by atoms with van der Waals surface area (Å²) >= 11 is 0. The lowest BCUT2D eigenvalue weighted by atomic mass is 9.96. The Labute approximate surface area is 131 Å². The number of carbonyl (C=O) groups excluding carboxylic acids is 1. The van der Waals surface area contributed by atoms with Crippen molar-refractivity contribution < 1.29 is 13.9 Å². The molecule has 0 spiro atoms. The molecule has 2 N–H and O–H groups in total. The number of nitrogens with one attached hydrogen (secondary N) is 2. The predicted molar refractivity (Wildman–Crippen MR) is 86.9 cm³/mol. The van der Waals surface area contributed by atoms with E-state index in [0.29, 0.717) is 19.6 Å². The van der Waals surface area contributed by atoms with Crippen molar-refractivity contribution in [2.24, 2.45) is 5.41 Å². The second kappa shape index (κ2) is 6.83. The van der Waals surface area contributed by atoms with Crippen LogP contribution in [0.15, 0.2) is 28.9 Å². The topological polar surface area (TPSA) is 63.5 Å². The van der Waals surface area contributed by atoms with Gasteiger partial charge in [0, 0.05) is 23.9 Å². The number of rotatable bonds is 6. The molecule has 0 aliphatic carbocycles. The molecule has 0 saturated carbocycles. The molecule has 1 aromatic carbocycles. The third kappa shape index (κ3) is 3.80. The lowest BCUT2D eigenvalue weighted by Gasteiger charge is -2.17. The van der Waals surface area contributed by atoms with Gasteiger partial charge in [-0.3, -0.25) is 4.79 Å². The van der Waals surface area contributed by atoms with Gasteiger partial charge in [-0.1, -0.05) is 32.9 Å². The molecule has 0 aliphatic heterocycles. The van der Waals surface area contributed by atoms with E-state index in [4.69, 9.17) is 9.15 Å². The van der Waals surface area contributed by atoms with Gasteiger partial charge in [0.25, 0.3) is 0 Å². The SMILES string of the molecule is COc1cccc2coc(CNCCNC(=O)C(C)(C)C)c12. The van der Waals surface area contributed by atoms with E-state index in [1.54, 1.807) is 13.4 Å². The number of ether oxygens (including phenoxy) is 1. The van der Waals surface area contributed by atoms with Crippen LogP contribution < -0.4 is 15.4 Å². The van der Waals surface area contributed by atoms with Crippen LogP contribution in [0.2, 0.25) is 0 Å². The lowest BCUT2D eigenvalue weighted by Crippen LogP contribution is -2.38. The van der Waals surface area contributed by atoms with Gasteiger partial charge in [0.1, 0.15) is 11.5 Å². The van der Waals surface area contributed by atoms with E-state index < -0.39 is 0 Å². The molecule has 5 heteroatoms. The molecular formula is C17H24N2O3. The van der Waals surface area contributed by atoms with Crippen LogP contribution in [0.3, 0.4) is 0 Å². The zero-order valence-electron chi connectivity index (χ0n) is 13.7. The van der Waals surface area contributed by atoms with E-state index in [1.807, 2.05) is 39.0 Å². The van der Waals surface area contributed by atoms with Crippen molar-refractivity contribution >= 4 is 16.7 Å². The van der Waals surface area contributed by atoms with Gasteiger partial charge in [0.15, 0.2) is 0 Å². The minimum atomic E-state index is -0.357. The van der Waals surface area contributed by atoms with Crippen molar-refractivity contribution in [2.45, 2.75) is 27.3 Å². The molecule has 2 rings (SSSR count). The number of hydrogen-bond acceptors (Lipinski definition) is 4. The maximum atomic E-state index is 11.7. The maximum absolute atomic E-state index is 11.7. The summed E-state index contributed by atoms with van der Waals surface area (Å²) in [5, 5.41) is 8.20. The van der Waals surface area contributed by atoms with E-state index in [9.17, 15) is 4.79 Å². The molecule has 0 radical (unpaired) electrons. The molecule has 0 unspecified atom stereocenters. The van der Waals surface area contributed by atoms with Crippen LogP contribution in [0.5, 0.6) is 5.75 Å². The Morgan fingerprint density at radius 1 is 1.27 bits per heavy atom. The minimum Gasteiger partial charge on any atom is -0.496 e. The summed E-state index contributed by atoms with van der Waals surface area (Å²) < 4.78 is 11.0. The van der Waals surface area contributed by atoms with Crippen LogP contribution >= 0.6 is 0 Å². The van der Waals surface area contributed by atoms with Gasteiger partial charge in [-0.25, -0.2) is 0 Å². The summed E-state index contributed by atoms with van der Waals surface area (Å²) in [4.78, 5) is 11.7. The molecule has 1 amide bonds. The molecule has 0 saturated heterocycles. The fraction of sp³-hybridized carbons (Fsp3) is 0.471. The van der Waals surface area contributed by atoms with Crippen LogP contribution in [0, 0.1) is 5.41 Å². The number of carbonyl (C=O) groups is 1. The molecule has 0 fully saturated rings. The van der Waals surface area contributed by atoms with Crippen LogP contribution in [0.1, 0.15) is 26.5 Å². The minimum absolute atomic E-state index is 0.0550. The summed E-state index contributed by atoms with van der Waals surface area (Å²) in [6.07, 6.45) is 1.73. The molecule has 5 nitrogen and oxygen atoms in total. The summed E-state index contributed by atoms with van der Waals surface area (Å²) in [6, 6.07) is 5.86. The van der Waals surface area contributed by atoms with Crippen molar-refractivity contribution in [1.82, 2.24) is 10.6 Å². The second-order valence-electron chi connectivity index (χ2n) is 6.27. The summed E-state index contributed by atoms with van der Waals surface area (Å²) in [5.41, 5.74) is -0.357. The third-order valence-corrected chi connectivity index (χ3v) is 3.44. The van der Waals surface area contributed by atoms with Gasteiger partial charge >= 0.3 is 0 Å². The standard InChI is InChI=1S/C17H24N2O3/c1-17(2,3)16(20)19-9-8-18-10-14-15-12(11-22-14)6-5-7-13(15)21-4/h5-7,11,18H,8-10H2,1-4H3,(H,19,20). The first kappa shape index (κ1) is 16.4. The van der Waals surface area contributed by atoms with E-state index in [-0.39, 0.29) is 11.3 Å². The number of amides is 1. The molecule has 22 heavy (non-hydrogen) atoms. The van der Waals surface area contributed by atoms with Crippen molar-refractivity contribution in [3.63, 3.8) is 0 Å². The molecule has 0 bridgehead atoms. The Bertz CT molecular complexity index is 641. The van der Waals surface area contributed by atoms with Gasteiger partial charge in [-0.2, -0.15) is 0 Å². The van der Waals surface area contributed by atoms with E-state index in [2.05, 4.69) is 10.6 Å². The predicted octanol–water partition coefficient (Wildman–Crippen LogP) is 2.69. The summed E-state index contributed by atoms with van der Waals surface area (Å²) in [6.45, 7) is 7.56. The highest BCUT2D eigenvalue weighted by molar-refractivity contribution is 5.90. The maximum Gasteiger partial charge on any atom is 0.225 e. The first-order valence-electron chi connectivity index (χ1n) is 7.45. The smallest absolute Gasteiger partial charge is 0.225 e. The third-order valence-electron chi connectivity index (χ3n) is 3.44. The number of methoxy groups -OCH3 is 1. The zero-order valence-corrected chi connectivity index (χ0v) is 13.7. The quantitative estimate of drug-likeness (QED) is 0.805. The second-order valence-corrected chi connectivity index (χ2v) is 6.27. The normalized spacial score (nSPS) is 11.6. The van der Waals surface area contributed by atoms with Gasteiger partial charge in [-0.05, 0) is 6.07 Å². The number of hydrogen-bond donors (Lipinski definition) is 2. The van der Waals surface area contributed by atoms with Crippen LogP contribution in [0.4, 0.5) is 0 Å². The van der Waals surface area contributed by atoms with E-state index in [1.165, 1.54) is 0 Å². The molecule has 0 atom stereocenters. The van der Waals surface area contributed by atoms with Gasteiger partial charge in [-0.15, -0.1) is 0 Å². The van der Waals surface area contributed by atoms with Crippen LogP contribution in [-0.2, 0) is 11.3 Å². The molecular weight excluding hydrogens is 280 g/mol. The fourth-order valence-electron chi connectivity index (χ4n) is 2.17. The number of furan rings is 1. The Balaban J connectivity index is 1.87. The lowest BCUT2D eigenvalue weighted by molar-refractivity contribution is -0.128. The summed E-state index contributed by atoms with van der Waals surface area (Å²) in [5.74, 6) is 1.71. The molecule has 0 aliphatic rings. The highest BCUT2D eigenvalue weighted by atomic mass is 16.5. The van der Waals surface area contributed by atoms with Crippen LogP contribution in [-0.4, -0.2) is 26.1 Å². The largest absolute Gasteiger partial charge is 0.496 e. The number of benzene rings is 1. The Kier molecular flexibility index (Phi) is 5.08. The molecule has 2 aromatic rings. The Morgan fingerprint density at radius 2 is 2.05 bits per heavy atom. The molecule has 1 aromatic heterocycles. The van der Waals surface area contributed by atoms with Crippen molar-refractivity contribution in [3.8, 4) is 5.75 Å². The van der Waals surface area contributed by atoms with Crippen LogP contribution in [0.25, 0.3) is 10.8 Å². The van der Waals surface area contributed by atoms with Gasteiger partial charge in [0.05, 0.1) is 25.3 Å². The highest BCUT2D eigenvalue weighted by Gasteiger charge is 2.20. The Hall–Kier alpha value is -2.01. The first-order valence-corrected chi connectivity index (χ1v) is 7.45. The zero-order chi connectivity index (χ0) is 16.2. The van der Waals surface area contributed by atoms with Crippen molar-refractivity contribution in [3.05, 3.63) is 30.2 Å². The summed E-state index contributed by atoms with van der Waals surface area (Å²) in [7, 11) is 1.65. The monoisotopic (exact) mass is 304 g/mol. The van der Waals surface area contributed by atoms with E-state index in [0.717, 1.165) is 22.3 Å². The molecule has 1 heterocycles. The molecule has 120 valence electrons. The average Bonchev–Trinajstić information content (AvgIpc) is 2.89. The van der Waals surface area contributed by atoms with Crippen molar-refractivity contribution in [2.75, 3.05) is 20.2 Å². The van der Waals surface area contributed by atoms with Gasteiger partial charge in [0.2, 0.25) is 5.91 Å².